The predicted octanol–water partition coefficient (Wildman–Crippen LogP) is 4.97. The first-order chi connectivity index (χ1) is 18.4. The molecule has 4 atom stereocenters. The van der Waals surface area contributed by atoms with Gasteiger partial charge in [0.15, 0.2) is 23.0 Å². The quantitative estimate of drug-likeness (QED) is 0.125. The van der Waals surface area contributed by atoms with Crippen molar-refractivity contribution in [1.82, 2.24) is 0 Å². The number of alkyl halides is 2. The SMILES string of the molecule is COc1cc([C@@H](OC=O)[C@@H](CI)[C@H](CI)[C@H](OC=O)c2cc(OC)c(OC)c(OC)c2)cc(OC)c1OC. The van der Waals surface area contributed by atoms with E-state index in [0.717, 1.165) is 0 Å². The molecule has 0 saturated heterocycles. The third kappa shape index (κ3) is 6.98. The molecule has 0 heterocycles. The molecular formula is C26H32I2O10. The Hall–Kier alpha value is -2.36. The van der Waals surface area contributed by atoms with Crippen molar-refractivity contribution < 1.29 is 47.5 Å². The minimum Gasteiger partial charge on any atom is -0.493 e. The smallest absolute Gasteiger partial charge is 0.293 e. The molecule has 0 aliphatic heterocycles. The number of methoxy groups -OCH3 is 6. The van der Waals surface area contributed by atoms with Gasteiger partial charge in [0.2, 0.25) is 11.5 Å². The number of ether oxygens (including phenoxy) is 8. The molecule has 2 aromatic rings. The van der Waals surface area contributed by atoms with Crippen molar-refractivity contribution >= 4 is 58.1 Å². The zero-order valence-electron chi connectivity index (χ0n) is 22.0. The third-order valence-corrected chi connectivity index (χ3v) is 8.15. The second kappa shape index (κ2) is 15.9. The van der Waals surface area contributed by atoms with E-state index in [-0.39, 0.29) is 11.8 Å². The zero-order valence-corrected chi connectivity index (χ0v) is 26.3. The summed E-state index contributed by atoms with van der Waals surface area (Å²) in [7, 11) is 9.07. The molecular weight excluding hydrogens is 726 g/mol. The Kier molecular flexibility index (Phi) is 13.3. The van der Waals surface area contributed by atoms with Crippen molar-refractivity contribution in [2.45, 2.75) is 12.2 Å². The summed E-state index contributed by atoms with van der Waals surface area (Å²) < 4.78 is 45.4. The number of hydrogen-bond donors (Lipinski definition) is 0. The Morgan fingerprint density at radius 1 is 0.579 bits per heavy atom. The van der Waals surface area contributed by atoms with Gasteiger partial charge in [-0.1, -0.05) is 45.2 Å². The van der Waals surface area contributed by atoms with Gasteiger partial charge in [0.05, 0.1) is 42.7 Å². The number of carbonyl (C=O) groups excluding carboxylic acids is 2. The van der Waals surface area contributed by atoms with Gasteiger partial charge in [-0.15, -0.1) is 0 Å². The lowest BCUT2D eigenvalue weighted by molar-refractivity contribution is -0.144. The monoisotopic (exact) mass is 758 g/mol. The Bertz CT molecular complexity index is 931. The van der Waals surface area contributed by atoms with Gasteiger partial charge >= 0.3 is 0 Å². The van der Waals surface area contributed by atoms with E-state index < -0.39 is 12.2 Å². The molecule has 10 nitrogen and oxygen atoms in total. The maximum atomic E-state index is 11.7. The summed E-state index contributed by atoms with van der Waals surface area (Å²) in [5.74, 6) is 1.91. The van der Waals surface area contributed by atoms with Gasteiger partial charge in [-0.3, -0.25) is 9.59 Å². The van der Waals surface area contributed by atoms with Crippen LogP contribution < -0.4 is 28.4 Å². The van der Waals surface area contributed by atoms with E-state index in [0.29, 0.717) is 67.4 Å². The Morgan fingerprint density at radius 3 is 1.05 bits per heavy atom. The fourth-order valence-electron chi connectivity index (χ4n) is 4.34. The lowest BCUT2D eigenvalue weighted by Crippen LogP contribution is -2.32. The van der Waals surface area contributed by atoms with Crippen LogP contribution in [0.25, 0.3) is 0 Å². The van der Waals surface area contributed by atoms with E-state index in [4.69, 9.17) is 37.9 Å². The minimum absolute atomic E-state index is 0.301. The van der Waals surface area contributed by atoms with Crippen LogP contribution in [0.2, 0.25) is 0 Å². The van der Waals surface area contributed by atoms with Gasteiger partial charge in [-0.2, -0.15) is 0 Å². The molecule has 0 saturated carbocycles. The summed E-state index contributed by atoms with van der Waals surface area (Å²) in [5, 5.41) is 0. The van der Waals surface area contributed by atoms with Gasteiger partial charge in [0.1, 0.15) is 12.2 Å². The van der Waals surface area contributed by atoms with E-state index in [1.807, 2.05) is 0 Å². The maximum Gasteiger partial charge on any atom is 0.293 e. The van der Waals surface area contributed by atoms with Crippen molar-refractivity contribution in [3.63, 3.8) is 0 Å². The molecule has 0 bridgehead atoms. The van der Waals surface area contributed by atoms with Crippen LogP contribution in [0.15, 0.2) is 24.3 Å². The fraction of sp³-hybridized carbons (Fsp3) is 0.462. The van der Waals surface area contributed by atoms with E-state index in [2.05, 4.69) is 45.2 Å². The van der Waals surface area contributed by atoms with Gasteiger partial charge in [0, 0.05) is 31.8 Å². The lowest BCUT2D eigenvalue weighted by atomic mass is 9.81. The van der Waals surface area contributed by atoms with Crippen LogP contribution in [0.5, 0.6) is 34.5 Å². The molecule has 38 heavy (non-hydrogen) atoms. The average Bonchev–Trinajstić information content (AvgIpc) is 2.96. The topological polar surface area (TPSA) is 108 Å². The highest BCUT2D eigenvalue weighted by Gasteiger charge is 2.39. The number of carbonyl (C=O) groups is 2. The third-order valence-electron chi connectivity index (χ3n) is 6.12. The van der Waals surface area contributed by atoms with Crippen LogP contribution in [0.3, 0.4) is 0 Å². The first kappa shape index (κ1) is 31.9. The molecule has 210 valence electrons. The second-order valence-corrected chi connectivity index (χ2v) is 9.62. The molecule has 2 rings (SSSR count). The number of hydrogen-bond acceptors (Lipinski definition) is 10. The Morgan fingerprint density at radius 2 is 0.868 bits per heavy atom. The van der Waals surface area contributed by atoms with E-state index >= 15 is 0 Å². The predicted molar refractivity (Wildman–Crippen MR) is 157 cm³/mol. The summed E-state index contributed by atoms with van der Waals surface area (Å²) in [5.41, 5.74) is 1.27. The molecule has 0 aliphatic carbocycles. The molecule has 0 spiro atoms. The first-order valence-corrected chi connectivity index (χ1v) is 14.4. The van der Waals surface area contributed by atoms with Crippen molar-refractivity contribution in [3.8, 4) is 34.5 Å². The molecule has 0 aliphatic rings. The van der Waals surface area contributed by atoms with Crippen molar-refractivity contribution in [2.75, 3.05) is 51.5 Å². The molecule has 2 aromatic carbocycles. The van der Waals surface area contributed by atoms with Crippen molar-refractivity contribution in [1.29, 1.82) is 0 Å². The molecule has 0 aromatic heterocycles. The largest absolute Gasteiger partial charge is 0.493 e. The highest BCUT2D eigenvalue weighted by Crippen LogP contribution is 2.48. The van der Waals surface area contributed by atoms with E-state index in [9.17, 15) is 9.59 Å². The molecule has 0 N–H and O–H groups in total. The summed E-state index contributed by atoms with van der Waals surface area (Å²) in [6, 6.07) is 6.98. The summed E-state index contributed by atoms with van der Waals surface area (Å²) in [6.07, 6.45) is -1.45. The average molecular weight is 758 g/mol. The van der Waals surface area contributed by atoms with Crippen LogP contribution in [0, 0.1) is 11.8 Å². The van der Waals surface area contributed by atoms with Gasteiger partial charge in [-0.25, -0.2) is 0 Å². The normalized spacial score (nSPS) is 13.8. The highest BCUT2D eigenvalue weighted by molar-refractivity contribution is 14.1. The van der Waals surface area contributed by atoms with Gasteiger partial charge < -0.3 is 37.9 Å². The van der Waals surface area contributed by atoms with E-state index in [1.165, 1.54) is 42.7 Å². The van der Waals surface area contributed by atoms with Crippen LogP contribution in [0.4, 0.5) is 0 Å². The number of rotatable bonds is 17. The molecule has 0 amide bonds. The molecule has 12 heteroatoms. The summed E-state index contributed by atoms with van der Waals surface area (Å²) in [4.78, 5) is 23.4. The minimum atomic E-state index is -0.724. The second-order valence-electron chi connectivity index (χ2n) is 7.86. The Labute approximate surface area is 249 Å². The van der Waals surface area contributed by atoms with E-state index in [1.54, 1.807) is 24.3 Å². The van der Waals surface area contributed by atoms with Gasteiger partial charge in [0.25, 0.3) is 12.9 Å². The van der Waals surface area contributed by atoms with Gasteiger partial charge in [-0.05, 0) is 24.3 Å². The molecule has 0 unspecified atom stereocenters. The van der Waals surface area contributed by atoms with Crippen LogP contribution in [0.1, 0.15) is 23.3 Å². The number of halogens is 2. The highest BCUT2D eigenvalue weighted by atomic mass is 127. The lowest BCUT2D eigenvalue weighted by Gasteiger charge is -2.35. The molecule has 0 radical (unpaired) electrons. The molecule has 0 fully saturated rings. The maximum absolute atomic E-state index is 11.7. The Balaban J connectivity index is 2.70. The zero-order chi connectivity index (χ0) is 28.2. The van der Waals surface area contributed by atoms with Crippen LogP contribution >= 0.6 is 45.2 Å². The summed E-state index contributed by atoms with van der Waals surface area (Å²) >= 11 is 4.48. The first-order valence-electron chi connectivity index (χ1n) is 11.3. The van der Waals surface area contributed by atoms with Crippen LogP contribution in [-0.2, 0) is 19.1 Å². The van der Waals surface area contributed by atoms with Crippen molar-refractivity contribution in [3.05, 3.63) is 35.4 Å². The summed E-state index contributed by atoms with van der Waals surface area (Å²) in [6.45, 7) is 0.818. The van der Waals surface area contributed by atoms with Crippen molar-refractivity contribution in [2.24, 2.45) is 11.8 Å². The number of benzene rings is 2. The van der Waals surface area contributed by atoms with Crippen LogP contribution in [-0.4, -0.2) is 64.5 Å². The standard InChI is InChI=1S/C26H32I2O10/c1-31-19-7-15(8-20(32-2)25(19)35-5)23(37-13-29)17(11-27)18(12-28)24(38-14-30)16-9-21(33-3)26(36-6)22(10-16)34-4/h7-10,13-14,17-18,23-24H,11-12H2,1-6H3/t17-,18-,23+,24+/m0/s1. The fourth-order valence-corrected chi connectivity index (χ4v) is 6.57.